The fourth-order valence-electron chi connectivity index (χ4n) is 7.02. The average Bonchev–Trinajstić information content (AvgIpc) is 3.86. The van der Waals surface area contributed by atoms with E-state index < -0.39 is 77.7 Å². The Bertz CT molecular complexity index is 1690. The maximum absolute atomic E-state index is 14.0. The first-order chi connectivity index (χ1) is 28.4. The van der Waals surface area contributed by atoms with Crippen LogP contribution in [0, 0.1) is 11.8 Å². The van der Waals surface area contributed by atoms with Crippen molar-refractivity contribution >= 4 is 47.4 Å². The first-order valence-corrected chi connectivity index (χ1v) is 20.8. The van der Waals surface area contributed by atoms with Crippen LogP contribution in [-0.4, -0.2) is 136 Å². The number of phenols is 1. The zero-order chi connectivity index (χ0) is 44.5. The molecule has 1 aromatic carbocycles. The van der Waals surface area contributed by atoms with Crippen LogP contribution in [0.25, 0.3) is 0 Å². The number of nitrogens with two attached hydrogens (primary N) is 4. The molecule has 2 aliphatic rings. The number of amides is 5. The van der Waals surface area contributed by atoms with Crippen molar-refractivity contribution in [2.75, 3.05) is 32.7 Å². The van der Waals surface area contributed by atoms with Gasteiger partial charge >= 0.3 is 5.97 Å². The van der Waals surface area contributed by atoms with Crippen molar-refractivity contribution in [1.82, 2.24) is 31.1 Å². The number of rotatable bonds is 23. The van der Waals surface area contributed by atoms with Crippen LogP contribution in [0.1, 0.15) is 84.6 Å². The smallest absolute Gasteiger partial charge is 0.326 e. The lowest BCUT2D eigenvalue weighted by Gasteiger charge is -2.30. The van der Waals surface area contributed by atoms with Crippen LogP contribution in [0.5, 0.6) is 5.75 Å². The van der Waals surface area contributed by atoms with Crippen molar-refractivity contribution < 1.29 is 39.0 Å². The Morgan fingerprint density at radius 1 is 0.917 bits per heavy atom. The maximum atomic E-state index is 14.0. The molecule has 14 N–H and O–H groups in total. The van der Waals surface area contributed by atoms with Crippen molar-refractivity contribution in [3.63, 3.8) is 0 Å². The highest BCUT2D eigenvalue weighted by Gasteiger charge is 2.38. The Labute approximate surface area is 351 Å². The first kappa shape index (κ1) is 48.9. The van der Waals surface area contributed by atoms with Gasteiger partial charge in [-0.15, -0.1) is 0 Å². The predicted molar refractivity (Wildman–Crippen MR) is 226 cm³/mol. The highest BCUT2D eigenvalue weighted by molar-refractivity contribution is 5.98. The zero-order valence-corrected chi connectivity index (χ0v) is 35.3. The van der Waals surface area contributed by atoms with Gasteiger partial charge in [-0.2, -0.15) is 0 Å². The van der Waals surface area contributed by atoms with Gasteiger partial charge in [0.25, 0.3) is 0 Å². The average molecular weight is 843 g/mol. The lowest BCUT2D eigenvalue weighted by atomic mass is 9.96. The van der Waals surface area contributed by atoms with Gasteiger partial charge in [0, 0.05) is 32.6 Å². The maximum Gasteiger partial charge on any atom is 0.326 e. The Balaban J connectivity index is 1.61. The third-order valence-corrected chi connectivity index (χ3v) is 10.7. The molecule has 1 fully saturated rings. The summed E-state index contributed by atoms with van der Waals surface area (Å²) < 4.78 is 0. The molecule has 2 heterocycles. The van der Waals surface area contributed by atoms with E-state index in [0.717, 1.165) is 6.54 Å². The van der Waals surface area contributed by atoms with Crippen molar-refractivity contribution in [3.8, 4) is 5.75 Å². The van der Waals surface area contributed by atoms with Crippen molar-refractivity contribution in [3.05, 3.63) is 29.8 Å². The SMILES string of the molecule is CC[C@H](C)[C@H](NC(=O)[C@H](Cc1ccc(O)cc1)NC(=O)[C@@H]1CCCN1C(=O)[C@@H](N)CCCN=C(N)NC(=O)[C@@H](N)CCCN1CCN=C1N)C(=O)N[C@@H](CC(C)C)C(=O)O. The second-order valence-corrected chi connectivity index (χ2v) is 16.0. The molecule has 60 heavy (non-hydrogen) atoms. The summed E-state index contributed by atoms with van der Waals surface area (Å²) in [5, 5.41) is 30.1. The van der Waals surface area contributed by atoms with Crippen LogP contribution in [0.3, 0.4) is 0 Å². The molecule has 0 aliphatic carbocycles. The summed E-state index contributed by atoms with van der Waals surface area (Å²) in [5.74, 6) is -4.08. The second-order valence-electron chi connectivity index (χ2n) is 16.0. The lowest BCUT2D eigenvalue weighted by molar-refractivity contribution is -0.143. The number of nitrogens with zero attached hydrogens (tertiary/aromatic N) is 4. The fraction of sp³-hybridized carbons (Fsp3) is 0.650. The number of aliphatic imine (C=N–C) groups is 2. The number of carbonyl (C=O) groups excluding carboxylic acids is 5. The molecule has 0 bridgehead atoms. The number of aromatic hydroxyl groups is 1. The number of carboxylic acid groups (broad SMARTS) is 1. The molecule has 0 saturated carbocycles. The van der Waals surface area contributed by atoms with E-state index in [-0.39, 0.29) is 50.0 Å². The number of hydrogen-bond acceptors (Lipinski definition) is 13. The minimum atomic E-state index is -1.21. The number of hydrogen-bond donors (Lipinski definition) is 10. The standard InChI is InChI=1S/C40H66N12O8/c1-5-24(4)32(36(57)48-30(38(59)60)21-23(2)3)49-34(55)29(22-25-12-14-26(53)15-13-25)47-35(56)31-11-8-19-52(31)37(58)28(42)9-6-16-45-39(43)50-33(54)27(41)10-7-18-51-20-17-46-40(51)44/h12-15,23-24,27-32,53H,5-11,16-22,41-42H2,1-4H3,(H2,44,46)(H,47,56)(H,48,57)(H,49,55)(H,59,60)(H3,43,45,50,54)/t24-,27-,28-,29-,30-,31-,32-/m0/s1. The van der Waals surface area contributed by atoms with E-state index in [1.807, 2.05) is 25.7 Å². The van der Waals surface area contributed by atoms with E-state index in [0.29, 0.717) is 63.1 Å². The fourth-order valence-corrected chi connectivity index (χ4v) is 7.02. The number of carbonyl (C=O) groups is 6. The number of carboxylic acids is 1. The Hall–Kier alpha value is -5.50. The third-order valence-electron chi connectivity index (χ3n) is 10.7. The lowest BCUT2D eigenvalue weighted by Crippen LogP contribution is -2.59. The largest absolute Gasteiger partial charge is 0.508 e. The molecule has 0 unspecified atom stereocenters. The van der Waals surface area contributed by atoms with E-state index in [1.165, 1.54) is 17.0 Å². The van der Waals surface area contributed by atoms with Gasteiger partial charge in [-0.05, 0) is 74.5 Å². The molecule has 20 nitrogen and oxygen atoms in total. The summed E-state index contributed by atoms with van der Waals surface area (Å²) in [5.41, 5.74) is 24.6. The molecule has 0 radical (unpaired) electrons. The van der Waals surface area contributed by atoms with Gasteiger partial charge in [-0.3, -0.25) is 39.3 Å². The van der Waals surface area contributed by atoms with E-state index in [1.54, 1.807) is 19.1 Å². The van der Waals surface area contributed by atoms with Gasteiger partial charge in [-0.25, -0.2) is 4.79 Å². The molecule has 5 amide bonds. The summed E-state index contributed by atoms with van der Waals surface area (Å²) in [7, 11) is 0. The number of nitrogens with one attached hydrogen (secondary N) is 4. The number of benzene rings is 1. The molecule has 0 aromatic heterocycles. The minimum Gasteiger partial charge on any atom is -0.508 e. The van der Waals surface area contributed by atoms with E-state index in [9.17, 15) is 39.0 Å². The Morgan fingerprint density at radius 2 is 1.60 bits per heavy atom. The highest BCUT2D eigenvalue weighted by Crippen LogP contribution is 2.21. The predicted octanol–water partition coefficient (Wildman–Crippen LogP) is -1.17. The van der Waals surface area contributed by atoms with Crippen LogP contribution < -0.4 is 44.2 Å². The van der Waals surface area contributed by atoms with E-state index >= 15 is 0 Å². The topological polar surface area (TPSA) is 326 Å². The minimum absolute atomic E-state index is 0.00685. The summed E-state index contributed by atoms with van der Waals surface area (Å²) >= 11 is 0. The molecule has 7 atom stereocenters. The summed E-state index contributed by atoms with van der Waals surface area (Å²) in [6.45, 7) is 9.72. The molecular weight excluding hydrogens is 777 g/mol. The monoisotopic (exact) mass is 843 g/mol. The van der Waals surface area contributed by atoms with Gasteiger partial charge in [0.2, 0.25) is 29.5 Å². The Kier molecular flexibility index (Phi) is 19.5. The first-order valence-electron chi connectivity index (χ1n) is 20.8. The van der Waals surface area contributed by atoms with Gasteiger partial charge in [0.1, 0.15) is 29.9 Å². The van der Waals surface area contributed by atoms with Crippen molar-refractivity contribution in [2.24, 2.45) is 44.8 Å². The number of likely N-dealkylation sites (tertiary alicyclic amines) is 1. The molecule has 0 spiro atoms. The number of aliphatic carboxylic acids is 1. The summed E-state index contributed by atoms with van der Waals surface area (Å²) in [4.78, 5) is 90.9. The quantitative estimate of drug-likeness (QED) is 0.0353. The third kappa shape index (κ3) is 15.3. The van der Waals surface area contributed by atoms with Gasteiger partial charge in [0.05, 0.1) is 18.6 Å². The molecule has 1 aromatic rings. The molecule has 334 valence electrons. The molecular formula is C40H66N12O8. The molecule has 1 saturated heterocycles. The van der Waals surface area contributed by atoms with E-state index in [4.69, 9.17) is 22.9 Å². The van der Waals surface area contributed by atoms with Crippen LogP contribution in [0.4, 0.5) is 0 Å². The van der Waals surface area contributed by atoms with Gasteiger partial charge in [0.15, 0.2) is 11.9 Å². The van der Waals surface area contributed by atoms with Crippen LogP contribution in [0.15, 0.2) is 34.3 Å². The normalized spacial score (nSPS) is 18.5. The second kappa shape index (κ2) is 23.9. The number of phenolic OH excluding ortho intramolecular Hbond substituents is 1. The summed E-state index contributed by atoms with van der Waals surface area (Å²) in [6, 6.07) is -0.0893. The molecule has 2 aliphatic heterocycles. The van der Waals surface area contributed by atoms with Crippen LogP contribution in [0.2, 0.25) is 0 Å². The van der Waals surface area contributed by atoms with Crippen molar-refractivity contribution in [1.29, 1.82) is 0 Å². The number of guanidine groups is 2. The molecule has 3 rings (SSSR count). The van der Waals surface area contributed by atoms with Gasteiger partial charge < -0.3 is 58.9 Å². The Morgan fingerprint density at radius 3 is 2.22 bits per heavy atom. The van der Waals surface area contributed by atoms with Crippen LogP contribution >= 0.6 is 0 Å². The van der Waals surface area contributed by atoms with Crippen molar-refractivity contribution in [2.45, 2.75) is 122 Å². The van der Waals surface area contributed by atoms with E-state index in [2.05, 4.69) is 31.3 Å². The highest BCUT2D eigenvalue weighted by atomic mass is 16.4. The van der Waals surface area contributed by atoms with Gasteiger partial charge in [-0.1, -0.05) is 46.2 Å². The molecule has 20 heteroatoms. The zero-order valence-electron chi connectivity index (χ0n) is 35.3. The summed E-state index contributed by atoms with van der Waals surface area (Å²) in [6.07, 6.45) is 3.10. The van der Waals surface area contributed by atoms with Crippen LogP contribution in [-0.2, 0) is 35.2 Å².